The molecular formula is C5H6F3N3O. The van der Waals surface area contributed by atoms with Crippen molar-refractivity contribution >= 4 is 0 Å². The summed E-state index contributed by atoms with van der Waals surface area (Å²) in [7, 11) is 0. The van der Waals surface area contributed by atoms with Crippen LogP contribution in [0.25, 0.3) is 0 Å². The molecule has 7 heteroatoms. The molecule has 1 unspecified atom stereocenters. The van der Waals surface area contributed by atoms with Crippen LogP contribution in [-0.4, -0.2) is 19.9 Å². The highest BCUT2D eigenvalue weighted by Gasteiger charge is 2.35. The topological polar surface area (TPSA) is 50.9 Å². The molecule has 0 radical (unpaired) electrons. The molecule has 0 saturated carbocycles. The molecule has 1 rings (SSSR count). The van der Waals surface area contributed by atoms with Crippen molar-refractivity contribution in [2.75, 3.05) is 0 Å². The molecule has 0 spiro atoms. The van der Waals surface area contributed by atoms with Crippen LogP contribution in [0.2, 0.25) is 0 Å². The average Bonchev–Trinajstić information content (AvgIpc) is 2.30. The summed E-state index contributed by atoms with van der Waals surface area (Å²) in [5.74, 6) is -1.25. The summed E-state index contributed by atoms with van der Waals surface area (Å²) < 4.78 is 36.3. The third kappa shape index (κ3) is 1.73. The largest absolute Gasteiger partial charge is 0.453 e. The molecule has 12 heavy (non-hydrogen) atoms. The first kappa shape index (κ1) is 8.98. The van der Waals surface area contributed by atoms with Crippen molar-refractivity contribution in [1.82, 2.24) is 14.8 Å². The van der Waals surface area contributed by atoms with Crippen molar-refractivity contribution in [2.24, 2.45) is 0 Å². The van der Waals surface area contributed by atoms with Crippen molar-refractivity contribution < 1.29 is 18.3 Å². The van der Waals surface area contributed by atoms with Gasteiger partial charge in [-0.1, -0.05) is 0 Å². The van der Waals surface area contributed by atoms with Gasteiger partial charge in [0.1, 0.15) is 12.6 Å². The summed E-state index contributed by atoms with van der Waals surface area (Å²) >= 11 is 0. The lowest BCUT2D eigenvalue weighted by molar-refractivity contribution is -0.145. The molecule has 1 aromatic heterocycles. The van der Waals surface area contributed by atoms with E-state index in [9.17, 15) is 13.2 Å². The zero-order chi connectivity index (χ0) is 9.35. The van der Waals surface area contributed by atoms with Crippen LogP contribution in [0.15, 0.2) is 6.33 Å². The second kappa shape index (κ2) is 2.74. The fourth-order valence-electron chi connectivity index (χ4n) is 0.585. The fraction of sp³-hybridized carbons (Fsp3) is 0.600. The predicted octanol–water partition coefficient (Wildman–Crippen LogP) is 0.808. The third-order valence-electron chi connectivity index (χ3n) is 1.14. The number of halogens is 3. The predicted molar refractivity (Wildman–Crippen MR) is 32.0 cm³/mol. The molecule has 1 aromatic rings. The summed E-state index contributed by atoms with van der Waals surface area (Å²) in [4.78, 5) is 2.98. The van der Waals surface area contributed by atoms with Gasteiger partial charge < -0.3 is 5.11 Å². The minimum absolute atomic E-state index is 0.725. The Morgan fingerprint density at radius 3 is 2.42 bits per heavy atom. The number of nitrogens with zero attached hydrogens (tertiary/aromatic N) is 3. The van der Waals surface area contributed by atoms with E-state index in [0.29, 0.717) is 0 Å². The van der Waals surface area contributed by atoms with E-state index in [1.165, 1.54) is 6.92 Å². The Bertz CT molecular complexity index is 267. The molecular weight excluding hydrogens is 175 g/mol. The molecule has 4 nitrogen and oxygen atoms in total. The average molecular weight is 181 g/mol. The fourth-order valence-corrected chi connectivity index (χ4v) is 0.585. The molecule has 0 aliphatic rings. The number of aliphatic hydroxyl groups is 1. The molecule has 0 amide bonds. The molecule has 0 aliphatic heterocycles. The van der Waals surface area contributed by atoms with E-state index in [0.717, 1.165) is 11.0 Å². The van der Waals surface area contributed by atoms with Crippen LogP contribution in [0.3, 0.4) is 0 Å². The Hall–Kier alpha value is -1.11. The first-order valence-electron chi connectivity index (χ1n) is 3.07. The van der Waals surface area contributed by atoms with Crippen LogP contribution in [-0.2, 0) is 6.18 Å². The van der Waals surface area contributed by atoms with Gasteiger partial charge in [0, 0.05) is 0 Å². The van der Waals surface area contributed by atoms with Gasteiger partial charge in [-0.2, -0.15) is 13.2 Å². The van der Waals surface area contributed by atoms with Gasteiger partial charge in [-0.25, -0.2) is 9.67 Å². The zero-order valence-corrected chi connectivity index (χ0v) is 6.08. The highest BCUT2D eigenvalue weighted by Crippen LogP contribution is 2.25. The molecule has 0 bridgehead atoms. The van der Waals surface area contributed by atoms with Crippen LogP contribution in [0.4, 0.5) is 13.2 Å². The lowest BCUT2D eigenvalue weighted by Gasteiger charge is -2.02. The monoisotopic (exact) mass is 181 g/mol. The molecule has 68 valence electrons. The molecule has 0 aliphatic carbocycles. The van der Waals surface area contributed by atoms with Crippen LogP contribution in [0.1, 0.15) is 19.0 Å². The van der Waals surface area contributed by atoms with Crippen molar-refractivity contribution in [2.45, 2.75) is 19.3 Å². The van der Waals surface area contributed by atoms with Gasteiger partial charge in [0.25, 0.3) is 5.82 Å². The highest BCUT2D eigenvalue weighted by atomic mass is 19.4. The van der Waals surface area contributed by atoms with E-state index in [1.54, 1.807) is 0 Å². The maximum absolute atomic E-state index is 11.8. The Kier molecular flexibility index (Phi) is 2.05. The molecule has 1 heterocycles. The molecule has 1 atom stereocenters. The lowest BCUT2D eigenvalue weighted by Crippen LogP contribution is -2.10. The van der Waals surface area contributed by atoms with E-state index in [1.807, 2.05) is 0 Å². The lowest BCUT2D eigenvalue weighted by atomic mass is 10.6. The number of aliphatic hydroxyl groups excluding tert-OH is 1. The van der Waals surface area contributed by atoms with Crippen molar-refractivity contribution in [3.8, 4) is 0 Å². The van der Waals surface area contributed by atoms with Crippen molar-refractivity contribution in [1.29, 1.82) is 0 Å². The quantitative estimate of drug-likeness (QED) is 0.697. The standard InChI is InChI=1S/C5H6F3N3O/c1-3(12)11-2-9-4(10-11)5(6,7)8/h2-3,12H,1H3. The summed E-state index contributed by atoms with van der Waals surface area (Å²) in [6, 6.07) is 0. The van der Waals surface area contributed by atoms with Crippen molar-refractivity contribution in [3.63, 3.8) is 0 Å². The maximum atomic E-state index is 11.8. The summed E-state index contributed by atoms with van der Waals surface area (Å²) in [5, 5.41) is 11.8. The first-order chi connectivity index (χ1) is 5.41. The van der Waals surface area contributed by atoms with Gasteiger partial charge in [-0.05, 0) is 6.92 Å². The Morgan fingerprint density at radius 1 is 1.58 bits per heavy atom. The van der Waals surface area contributed by atoms with Crippen LogP contribution < -0.4 is 0 Å². The van der Waals surface area contributed by atoms with Gasteiger partial charge in [-0.3, -0.25) is 0 Å². The SMILES string of the molecule is CC(O)n1cnc(C(F)(F)F)n1. The summed E-state index contributed by atoms with van der Waals surface area (Å²) in [6.45, 7) is 1.29. The van der Waals surface area contributed by atoms with Crippen LogP contribution in [0, 0.1) is 0 Å². The van der Waals surface area contributed by atoms with Gasteiger partial charge in [0.15, 0.2) is 0 Å². The van der Waals surface area contributed by atoms with Crippen LogP contribution >= 0.6 is 0 Å². The number of aromatic nitrogens is 3. The zero-order valence-electron chi connectivity index (χ0n) is 6.08. The first-order valence-corrected chi connectivity index (χ1v) is 3.07. The summed E-state index contributed by atoms with van der Waals surface area (Å²) in [6.07, 6.45) is -4.83. The van der Waals surface area contributed by atoms with Gasteiger partial charge >= 0.3 is 6.18 Å². The minimum Gasteiger partial charge on any atom is -0.372 e. The van der Waals surface area contributed by atoms with E-state index >= 15 is 0 Å². The van der Waals surface area contributed by atoms with E-state index in [-0.39, 0.29) is 0 Å². The smallest absolute Gasteiger partial charge is 0.372 e. The Labute approximate surface area is 65.6 Å². The third-order valence-corrected chi connectivity index (χ3v) is 1.14. The second-order valence-electron chi connectivity index (χ2n) is 2.18. The molecule has 0 aromatic carbocycles. The number of hydrogen-bond donors (Lipinski definition) is 1. The normalized spacial score (nSPS) is 14.8. The Balaban J connectivity index is 2.92. The maximum Gasteiger partial charge on any atom is 0.453 e. The number of rotatable bonds is 1. The van der Waals surface area contributed by atoms with E-state index in [2.05, 4.69) is 10.1 Å². The minimum atomic E-state index is -4.56. The summed E-state index contributed by atoms with van der Waals surface area (Å²) in [5.41, 5.74) is 0. The van der Waals surface area contributed by atoms with Gasteiger partial charge in [0.2, 0.25) is 0 Å². The van der Waals surface area contributed by atoms with Crippen LogP contribution in [0.5, 0.6) is 0 Å². The highest BCUT2D eigenvalue weighted by molar-refractivity contribution is 4.87. The Morgan fingerprint density at radius 2 is 2.17 bits per heavy atom. The van der Waals surface area contributed by atoms with E-state index < -0.39 is 18.2 Å². The number of alkyl halides is 3. The second-order valence-corrected chi connectivity index (χ2v) is 2.18. The number of hydrogen-bond acceptors (Lipinski definition) is 3. The van der Waals surface area contributed by atoms with Gasteiger partial charge in [-0.15, -0.1) is 5.10 Å². The van der Waals surface area contributed by atoms with E-state index in [4.69, 9.17) is 5.11 Å². The molecule has 1 N–H and O–H groups in total. The van der Waals surface area contributed by atoms with Crippen molar-refractivity contribution in [3.05, 3.63) is 12.2 Å². The molecule has 0 saturated heterocycles. The van der Waals surface area contributed by atoms with Gasteiger partial charge in [0.05, 0.1) is 0 Å². The molecule has 0 fully saturated rings.